The average Bonchev–Trinajstić information content (AvgIpc) is 3.13. The van der Waals surface area contributed by atoms with Crippen LogP contribution in [-0.4, -0.2) is 16.8 Å². The first-order valence-corrected chi connectivity index (χ1v) is 7.77. The van der Waals surface area contributed by atoms with Gasteiger partial charge >= 0.3 is 0 Å². The van der Waals surface area contributed by atoms with Crippen LogP contribution in [0.1, 0.15) is 32.3 Å². The molecule has 2 heterocycles. The molecule has 3 rings (SSSR count). The van der Waals surface area contributed by atoms with Gasteiger partial charge in [0.2, 0.25) is 0 Å². The molecule has 0 aliphatic carbocycles. The highest BCUT2D eigenvalue weighted by molar-refractivity contribution is 6.03. The standard InChI is InChI=1S/C19H17N3O3/c1-13-5-2-6-14(11-13)21-19(24)17-9-3-8-16(22-17)18(23)20-12-15-7-4-10-25-15/h2-11H,12H2,1H3,(H,20,23)(H,21,24). The van der Waals surface area contributed by atoms with Crippen molar-refractivity contribution >= 4 is 17.5 Å². The minimum absolute atomic E-state index is 0.170. The lowest BCUT2D eigenvalue weighted by atomic mass is 10.2. The van der Waals surface area contributed by atoms with Gasteiger partial charge in [-0.2, -0.15) is 0 Å². The molecule has 0 atom stereocenters. The zero-order chi connectivity index (χ0) is 17.6. The van der Waals surface area contributed by atoms with Crippen LogP contribution in [0.2, 0.25) is 0 Å². The minimum Gasteiger partial charge on any atom is -0.467 e. The van der Waals surface area contributed by atoms with E-state index in [0.717, 1.165) is 5.56 Å². The molecule has 0 spiro atoms. The molecule has 6 nitrogen and oxygen atoms in total. The summed E-state index contributed by atoms with van der Waals surface area (Å²) in [6.45, 7) is 2.20. The molecular weight excluding hydrogens is 318 g/mol. The second kappa shape index (κ2) is 7.44. The Kier molecular flexibility index (Phi) is 4.89. The fourth-order valence-electron chi connectivity index (χ4n) is 2.28. The van der Waals surface area contributed by atoms with Crippen molar-refractivity contribution in [1.82, 2.24) is 10.3 Å². The first-order valence-electron chi connectivity index (χ1n) is 7.77. The number of amides is 2. The van der Waals surface area contributed by atoms with Gasteiger partial charge in [-0.05, 0) is 48.9 Å². The second-order valence-corrected chi connectivity index (χ2v) is 5.49. The number of aromatic nitrogens is 1. The summed E-state index contributed by atoms with van der Waals surface area (Å²) in [6.07, 6.45) is 1.54. The lowest BCUT2D eigenvalue weighted by molar-refractivity contribution is 0.0943. The third-order valence-electron chi connectivity index (χ3n) is 3.49. The van der Waals surface area contributed by atoms with Crippen LogP contribution in [-0.2, 0) is 6.54 Å². The fourth-order valence-corrected chi connectivity index (χ4v) is 2.28. The second-order valence-electron chi connectivity index (χ2n) is 5.49. The number of benzene rings is 1. The van der Waals surface area contributed by atoms with Crippen molar-refractivity contribution in [3.63, 3.8) is 0 Å². The van der Waals surface area contributed by atoms with Crippen LogP contribution in [0.5, 0.6) is 0 Å². The van der Waals surface area contributed by atoms with Crippen LogP contribution < -0.4 is 10.6 Å². The number of pyridine rings is 1. The van der Waals surface area contributed by atoms with Gasteiger partial charge in [0.1, 0.15) is 17.1 Å². The number of anilines is 1. The minimum atomic E-state index is -0.374. The molecule has 1 aromatic carbocycles. The van der Waals surface area contributed by atoms with Crippen LogP contribution in [0.25, 0.3) is 0 Å². The number of nitrogens with zero attached hydrogens (tertiary/aromatic N) is 1. The Morgan fingerprint density at radius 1 is 1.00 bits per heavy atom. The van der Waals surface area contributed by atoms with Gasteiger partial charge in [-0.25, -0.2) is 4.98 Å². The number of carbonyl (C=O) groups is 2. The molecule has 0 fully saturated rings. The van der Waals surface area contributed by atoms with E-state index in [2.05, 4.69) is 15.6 Å². The first kappa shape index (κ1) is 16.4. The van der Waals surface area contributed by atoms with Crippen LogP contribution in [0.3, 0.4) is 0 Å². The Morgan fingerprint density at radius 2 is 1.76 bits per heavy atom. The number of rotatable bonds is 5. The zero-order valence-electron chi connectivity index (χ0n) is 13.7. The summed E-state index contributed by atoms with van der Waals surface area (Å²) in [7, 11) is 0. The van der Waals surface area contributed by atoms with E-state index in [1.165, 1.54) is 6.26 Å². The maximum Gasteiger partial charge on any atom is 0.274 e. The van der Waals surface area contributed by atoms with Crippen molar-refractivity contribution in [2.45, 2.75) is 13.5 Å². The Bertz CT molecular complexity index is 888. The summed E-state index contributed by atoms with van der Waals surface area (Å²) in [5.74, 6) is -0.102. The van der Waals surface area contributed by atoms with E-state index in [4.69, 9.17) is 4.42 Å². The van der Waals surface area contributed by atoms with Gasteiger partial charge in [0, 0.05) is 5.69 Å². The van der Waals surface area contributed by atoms with Crippen molar-refractivity contribution in [2.24, 2.45) is 0 Å². The van der Waals surface area contributed by atoms with E-state index in [-0.39, 0.29) is 29.7 Å². The highest BCUT2D eigenvalue weighted by Gasteiger charge is 2.13. The van der Waals surface area contributed by atoms with Crippen molar-refractivity contribution in [2.75, 3.05) is 5.32 Å². The van der Waals surface area contributed by atoms with Crippen LogP contribution in [0.4, 0.5) is 5.69 Å². The largest absolute Gasteiger partial charge is 0.467 e. The molecule has 0 aliphatic rings. The molecule has 2 amide bonds. The Balaban J connectivity index is 1.67. The lowest BCUT2D eigenvalue weighted by Gasteiger charge is -2.07. The van der Waals surface area contributed by atoms with Gasteiger partial charge in [-0.1, -0.05) is 18.2 Å². The quantitative estimate of drug-likeness (QED) is 0.750. The molecule has 0 unspecified atom stereocenters. The molecule has 6 heteroatoms. The molecule has 0 saturated heterocycles. The van der Waals surface area contributed by atoms with Crippen LogP contribution >= 0.6 is 0 Å². The lowest BCUT2D eigenvalue weighted by Crippen LogP contribution is -2.24. The molecule has 126 valence electrons. The van der Waals surface area contributed by atoms with Crippen molar-refractivity contribution < 1.29 is 14.0 Å². The van der Waals surface area contributed by atoms with E-state index in [9.17, 15) is 9.59 Å². The van der Waals surface area contributed by atoms with Crippen molar-refractivity contribution in [3.05, 3.63) is 83.6 Å². The van der Waals surface area contributed by atoms with E-state index in [1.54, 1.807) is 36.4 Å². The average molecular weight is 335 g/mol. The topological polar surface area (TPSA) is 84.2 Å². The summed E-state index contributed by atoms with van der Waals surface area (Å²) in [5.41, 5.74) is 2.06. The van der Waals surface area contributed by atoms with E-state index in [1.807, 2.05) is 25.1 Å². The molecule has 0 radical (unpaired) electrons. The molecule has 2 N–H and O–H groups in total. The predicted octanol–water partition coefficient (Wildman–Crippen LogP) is 3.17. The molecule has 3 aromatic rings. The zero-order valence-corrected chi connectivity index (χ0v) is 13.7. The monoisotopic (exact) mass is 335 g/mol. The van der Waals surface area contributed by atoms with Gasteiger partial charge < -0.3 is 15.1 Å². The molecular formula is C19H17N3O3. The normalized spacial score (nSPS) is 10.3. The maximum atomic E-state index is 12.3. The van der Waals surface area contributed by atoms with Gasteiger partial charge in [0.05, 0.1) is 12.8 Å². The van der Waals surface area contributed by atoms with Gasteiger partial charge in [0.15, 0.2) is 0 Å². The van der Waals surface area contributed by atoms with Gasteiger partial charge in [-0.3, -0.25) is 9.59 Å². The Morgan fingerprint density at radius 3 is 2.48 bits per heavy atom. The highest BCUT2D eigenvalue weighted by atomic mass is 16.3. The van der Waals surface area contributed by atoms with Crippen molar-refractivity contribution in [3.8, 4) is 0 Å². The van der Waals surface area contributed by atoms with Crippen LogP contribution in [0, 0.1) is 6.92 Å². The number of hydrogen-bond acceptors (Lipinski definition) is 4. The van der Waals surface area contributed by atoms with Gasteiger partial charge in [0.25, 0.3) is 11.8 Å². The Hall–Kier alpha value is -3.41. The number of furan rings is 1. The van der Waals surface area contributed by atoms with E-state index >= 15 is 0 Å². The number of aryl methyl sites for hydroxylation is 1. The molecule has 0 aliphatic heterocycles. The van der Waals surface area contributed by atoms with E-state index in [0.29, 0.717) is 11.4 Å². The first-order chi connectivity index (χ1) is 12.1. The van der Waals surface area contributed by atoms with E-state index < -0.39 is 0 Å². The number of hydrogen-bond donors (Lipinski definition) is 2. The maximum absolute atomic E-state index is 12.3. The summed E-state index contributed by atoms with van der Waals surface area (Å²) in [5, 5.41) is 5.47. The summed E-state index contributed by atoms with van der Waals surface area (Å²) < 4.78 is 5.16. The smallest absolute Gasteiger partial charge is 0.274 e. The Labute approximate surface area is 144 Å². The van der Waals surface area contributed by atoms with Crippen LogP contribution in [0.15, 0.2) is 65.3 Å². The summed E-state index contributed by atoms with van der Waals surface area (Å²) in [6, 6.07) is 15.7. The molecule has 0 saturated carbocycles. The SMILES string of the molecule is Cc1cccc(NC(=O)c2cccc(C(=O)NCc3ccco3)n2)c1. The third-order valence-corrected chi connectivity index (χ3v) is 3.49. The van der Waals surface area contributed by atoms with Crippen molar-refractivity contribution in [1.29, 1.82) is 0 Å². The predicted molar refractivity (Wildman–Crippen MR) is 93.2 cm³/mol. The summed E-state index contributed by atoms with van der Waals surface area (Å²) in [4.78, 5) is 28.6. The number of nitrogens with one attached hydrogen (secondary N) is 2. The summed E-state index contributed by atoms with van der Waals surface area (Å²) >= 11 is 0. The number of carbonyl (C=O) groups excluding carboxylic acids is 2. The molecule has 25 heavy (non-hydrogen) atoms. The molecule has 2 aromatic heterocycles. The molecule has 0 bridgehead atoms. The highest BCUT2D eigenvalue weighted by Crippen LogP contribution is 2.11. The third kappa shape index (κ3) is 4.32. The van der Waals surface area contributed by atoms with Gasteiger partial charge in [-0.15, -0.1) is 0 Å². The fraction of sp³-hybridized carbons (Fsp3) is 0.105.